The molecule has 15 heavy (non-hydrogen) atoms. The summed E-state index contributed by atoms with van der Waals surface area (Å²) >= 11 is 0. The highest BCUT2D eigenvalue weighted by atomic mass is 16.4. The summed E-state index contributed by atoms with van der Waals surface area (Å²) in [5.41, 5.74) is -0.861. The van der Waals surface area contributed by atoms with Crippen LogP contribution in [0, 0.1) is 0 Å². The molecule has 0 aromatic heterocycles. The van der Waals surface area contributed by atoms with Gasteiger partial charge < -0.3 is 10.0 Å². The molecule has 0 radical (unpaired) electrons. The van der Waals surface area contributed by atoms with Crippen molar-refractivity contribution in [1.29, 1.82) is 0 Å². The lowest BCUT2D eigenvalue weighted by atomic mass is 10.0. The lowest BCUT2D eigenvalue weighted by Gasteiger charge is -2.33. The van der Waals surface area contributed by atoms with Gasteiger partial charge in [0.1, 0.15) is 5.54 Å². The summed E-state index contributed by atoms with van der Waals surface area (Å²) in [6, 6.07) is 0.168. The number of hydrogen-bond donors (Lipinski definition) is 2. The molecule has 0 aromatic carbocycles. The van der Waals surface area contributed by atoms with E-state index in [1.807, 2.05) is 27.7 Å². The highest BCUT2D eigenvalue weighted by Crippen LogP contribution is 2.08. The molecule has 0 fully saturated rings. The predicted octanol–water partition coefficient (Wildman–Crippen LogP) is 1.17. The molecule has 4 nitrogen and oxygen atoms in total. The van der Waals surface area contributed by atoms with Crippen LogP contribution in [-0.4, -0.2) is 47.2 Å². The molecule has 0 heterocycles. The van der Waals surface area contributed by atoms with Crippen LogP contribution in [0.2, 0.25) is 0 Å². The van der Waals surface area contributed by atoms with Crippen molar-refractivity contribution < 1.29 is 9.90 Å². The molecule has 4 heteroatoms. The van der Waals surface area contributed by atoms with Crippen molar-refractivity contribution in [2.45, 2.75) is 46.2 Å². The molecule has 0 aromatic rings. The Labute approximate surface area is 92.7 Å². The zero-order valence-electron chi connectivity index (χ0n) is 10.5. The van der Waals surface area contributed by atoms with Crippen LogP contribution in [0.4, 0.5) is 0 Å². The topological polar surface area (TPSA) is 52.6 Å². The van der Waals surface area contributed by atoms with Gasteiger partial charge in [0.15, 0.2) is 0 Å². The minimum Gasteiger partial charge on any atom is -0.480 e. The normalized spacial score (nSPS) is 15.7. The van der Waals surface area contributed by atoms with Gasteiger partial charge in [0.05, 0.1) is 0 Å². The molecule has 0 bridgehead atoms. The number of hydrogen-bond acceptors (Lipinski definition) is 3. The van der Waals surface area contributed by atoms with E-state index in [2.05, 4.69) is 10.2 Å². The smallest absolute Gasteiger partial charge is 0.324 e. The lowest BCUT2D eigenvalue weighted by molar-refractivity contribution is -0.145. The molecule has 0 spiro atoms. The van der Waals surface area contributed by atoms with E-state index in [1.54, 1.807) is 6.92 Å². The summed E-state index contributed by atoms with van der Waals surface area (Å²) < 4.78 is 0. The standard InChI is InChI=1S/C11H24N2O2/c1-6-13(7-2)8-11(5,10(14)15)12-9(3)4/h9,12H,6-8H2,1-5H3,(H,14,15). The molecule has 0 saturated heterocycles. The molecule has 90 valence electrons. The number of aliphatic carboxylic acids is 1. The fraction of sp³-hybridized carbons (Fsp3) is 0.909. The molecule has 0 rings (SSSR count). The van der Waals surface area contributed by atoms with Gasteiger partial charge >= 0.3 is 5.97 Å². The van der Waals surface area contributed by atoms with Gasteiger partial charge in [-0.2, -0.15) is 0 Å². The molecule has 0 aliphatic rings. The Kier molecular flexibility index (Phi) is 5.83. The van der Waals surface area contributed by atoms with Crippen molar-refractivity contribution in [3.8, 4) is 0 Å². The summed E-state index contributed by atoms with van der Waals surface area (Å²) in [7, 11) is 0. The van der Waals surface area contributed by atoms with E-state index < -0.39 is 11.5 Å². The molecular formula is C11H24N2O2. The molecule has 0 amide bonds. The number of nitrogens with zero attached hydrogens (tertiary/aromatic N) is 1. The van der Waals surface area contributed by atoms with Gasteiger partial charge in [0.2, 0.25) is 0 Å². The first-order chi connectivity index (χ1) is 6.85. The van der Waals surface area contributed by atoms with Crippen LogP contribution in [0.3, 0.4) is 0 Å². The molecule has 0 aliphatic heterocycles. The number of nitrogens with one attached hydrogen (secondary N) is 1. The van der Waals surface area contributed by atoms with Crippen molar-refractivity contribution in [2.75, 3.05) is 19.6 Å². The minimum atomic E-state index is -0.861. The summed E-state index contributed by atoms with van der Waals surface area (Å²) in [4.78, 5) is 13.3. The minimum absolute atomic E-state index is 0.168. The van der Waals surface area contributed by atoms with E-state index in [9.17, 15) is 9.90 Å². The van der Waals surface area contributed by atoms with Crippen LogP contribution in [0.1, 0.15) is 34.6 Å². The molecule has 0 aliphatic carbocycles. The summed E-state index contributed by atoms with van der Waals surface area (Å²) in [6.45, 7) is 12.0. The third-order valence-electron chi connectivity index (χ3n) is 2.51. The van der Waals surface area contributed by atoms with Crippen LogP contribution >= 0.6 is 0 Å². The monoisotopic (exact) mass is 216 g/mol. The van der Waals surface area contributed by atoms with E-state index in [0.717, 1.165) is 13.1 Å². The van der Waals surface area contributed by atoms with Crippen LogP contribution in [0.15, 0.2) is 0 Å². The molecule has 1 unspecified atom stereocenters. The predicted molar refractivity (Wildman–Crippen MR) is 62.1 cm³/mol. The Morgan fingerprint density at radius 2 is 1.87 bits per heavy atom. The van der Waals surface area contributed by atoms with E-state index >= 15 is 0 Å². The van der Waals surface area contributed by atoms with E-state index in [1.165, 1.54) is 0 Å². The SMILES string of the molecule is CCN(CC)CC(C)(NC(C)C)C(=O)O. The Morgan fingerprint density at radius 3 is 2.13 bits per heavy atom. The van der Waals surface area contributed by atoms with Gasteiger partial charge in [0.25, 0.3) is 0 Å². The number of carbonyl (C=O) groups is 1. The number of likely N-dealkylation sites (N-methyl/N-ethyl adjacent to an activating group) is 1. The zero-order chi connectivity index (χ0) is 12.1. The first-order valence-electron chi connectivity index (χ1n) is 5.59. The molecule has 0 saturated carbocycles. The number of carboxylic acid groups (broad SMARTS) is 1. The Morgan fingerprint density at radius 1 is 1.40 bits per heavy atom. The highest BCUT2D eigenvalue weighted by molar-refractivity contribution is 5.78. The van der Waals surface area contributed by atoms with E-state index in [0.29, 0.717) is 6.54 Å². The average molecular weight is 216 g/mol. The molecule has 1 atom stereocenters. The summed E-state index contributed by atoms with van der Waals surface area (Å²) in [5, 5.41) is 12.3. The third-order valence-corrected chi connectivity index (χ3v) is 2.51. The zero-order valence-corrected chi connectivity index (χ0v) is 10.5. The maximum atomic E-state index is 11.2. The lowest BCUT2D eigenvalue weighted by Crippen LogP contribution is -2.58. The number of carboxylic acids is 1. The van der Waals surface area contributed by atoms with Crippen LogP contribution in [0.25, 0.3) is 0 Å². The maximum absolute atomic E-state index is 11.2. The van der Waals surface area contributed by atoms with Crippen LogP contribution in [0.5, 0.6) is 0 Å². The van der Waals surface area contributed by atoms with E-state index in [-0.39, 0.29) is 6.04 Å². The first kappa shape index (κ1) is 14.4. The summed E-state index contributed by atoms with van der Waals surface area (Å²) in [6.07, 6.45) is 0. The summed E-state index contributed by atoms with van der Waals surface area (Å²) in [5.74, 6) is -0.789. The second kappa shape index (κ2) is 6.08. The molecular weight excluding hydrogens is 192 g/mol. The van der Waals surface area contributed by atoms with Crippen molar-refractivity contribution in [3.63, 3.8) is 0 Å². The first-order valence-corrected chi connectivity index (χ1v) is 5.59. The quantitative estimate of drug-likeness (QED) is 0.671. The Hall–Kier alpha value is -0.610. The third kappa shape index (κ3) is 4.62. The van der Waals surface area contributed by atoms with Gasteiger partial charge in [-0.3, -0.25) is 10.1 Å². The van der Waals surface area contributed by atoms with Crippen molar-refractivity contribution >= 4 is 5.97 Å². The fourth-order valence-corrected chi connectivity index (χ4v) is 1.71. The average Bonchev–Trinajstić information content (AvgIpc) is 2.12. The molecule has 2 N–H and O–H groups in total. The largest absolute Gasteiger partial charge is 0.480 e. The van der Waals surface area contributed by atoms with Gasteiger partial charge in [-0.1, -0.05) is 13.8 Å². The van der Waals surface area contributed by atoms with Gasteiger partial charge in [-0.05, 0) is 33.9 Å². The van der Waals surface area contributed by atoms with Gasteiger partial charge in [-0.25, -0.2) is 0 Å². The second-order valence-corrected chi connectivity index (χ2v) is 4.40. The Balaban J connectivity index is 4.56. The maximum Gasteiger partial charge on any atom is 0.324 e. The second-order valence-electron chi connectivity index (χ2n) is 4.40. The fourth-order valence-electron chi connectivity index (χ4n) is 1.71. The van der Waals surface area contributed by atoms with Crippen molar-refractivity contribution in [3.05, 3.63) is 0 Å². The van der Waals surface area contributed by atoms with E-state index in [4.69, 9.17) is 0 Å². The van der Waals surface area contributed by atoms with Crippen molar-refractivity contribution in [1.82, 2.24) is 10.2 Å². The van der Waals surface area contributed by atoms with Crippen LogP contribution < -0.4 is 5.32 Å². The van der Waals surface area contributed by atoms with Gasteiger partial charge in [0, 0.05) is 12.6 Å². The van der Waals surface area contributed by atoms with Gasteiger partial charge in [-0.15, -0.1) is 0 Å². The van der Waals surface area contributed by atoms with Crippen molar-refractivity contribution in [2.24, 2.45) is 0 Å². The Bertz CT molecular complexity index is 203. The van der Waals surface area contributed by atoms with Crippen LogP contribution in [-0.2, 0) is 4.79 Å². The number of rotatable bonds is 7. The highest BCUT2D eigenvalue weighted by Gasteiger charge is 2.34.